The predicted molar refractivity (Wildman–Crippen MR) is 129 cm³/mol. The number of nitrogens with one attached hydrogen (secondary N) is 1. The molecule has 2 aromatic carbocycles. The van der Waals surface area contributed by atoms with Gasteiger partial charge in [0.25, 0.3) is 0 Å². The SMILES string of the molecule is COc1ccc(OC)c(S(=O)(=O)N(C)Cc2nc(NCCCN(C)C)c3ccccc3n2)c1. The topological polar surface area (TPSA) is 96.9 Å². The molecular formula is C23H31N5O4S. The van der Waals surface area contributed by atoms with Crippen LogP contribution in [0.4, 0.5) is 5.82 Å². The van der Waals surface area contributed by atoms with E-state index in [-0.39, 0.29) is 17.2 Å². The Balaban J connectivity index is 1.89. The van der Waals surface area contributed by atoms with Crippen LogP contribution in [0.5, 0.6) is 11.5 Å². The monoisotopic (exact) mass is 473 g/mol. The Bertz CT molecular complexity index is 1200. The highest BCUT2D eigenvalue weighted by Gasteiger charge is 2.26. The summed E-state index contributed by atoms with van der Waals surface area (Å²) in [6.45, 7) is 1.69. The molecule has 1 aromatic heterocycles. The number of methoxy groups -OCH3 is 2. The number of ether oxygens (including phenoxy) is 2. The van der Waals surface area contributed by atoms with Crippen molar-refractivity contribution < 1.29 is 17.9 Å². The molecule has 0 aliphatic heterocycles. The summed E-state index contributed by atoms with van der Waals surface area (Å²) < 4.78 is 38.3. The molecule has 0 unspecified atom stereocenters. The fourth-order valence-electron chi connectivity index (χ4n) is 3.37. The first-order valence-electron chi connectivity index (χ1n) is 10.6. The van der Waals surface area contributed by atoms with Gasteiger partial charge in [-0.25, -0.2) is 18.4 Å². The molecule has 0 aliphatic rings. The average molecular weight is 474 g/mol. The maximum atomic E-state index is 13.3. The maximum Gasteiger partial charge on any atom is 0.247 e. The van der Waals surface area contributed by atoms with Gasteiger partial charge in [0.05, 0.1) is 26.3 Å². The molecule has 0 saturated carbocycles. The largest absolute Gasteiger partial charge is 0.497 e. The minimum atomic E-state index is -3.89. The molecule has 10 heteroatoms. The lowest BCUT2D eigenvalue weighted by Crippen LogP contribution is -2.28. The van der Waals surface area contributed by atoms with Crippen LogP contribution in [0.15, 0.2) is 47.4 Å². The van der Waals surface area contributed by atoms with Gasteiger partial charge in [0.1, 0.15) is 28.0 Å². The van der Waals surface area contributed by atoms with Crippen LogP contribution in [0.2, 0.25) is 0 Å². The molecule has 3 rings (SSSR count). The standard InChI is InChI=1S/C23H31N5O4S/c1-27(2)14-8-13-24-23-18-9-6-7-10-19(18)25-22(26-23)16-28(3)33(29,30)21-15-17(31-4)11-12-20(21)32-5/h6-7,9-12,15H,8,13-14,16H2,1-5H3,(H,24,25,26). The van der Waals surface area contributed by atoms with Gasteiger partial charge in [0, 0.05) is 25.0 Å². The molecule has 0 fully saturated rings. The van der Waals surface area contributed by atoms with Gasteiger partial charge >= 0.3 is 0 Å². The molecule has 0 spiro atoms. The molecule has 0 bridgehead atoms. The molecule has 0 amide bonds. The van der Waals surface area contributed by atoms with Crippen molar-refractivity contribution in [1.29, 1.82) is 0 Å². The summed E-state index contributed by atoms with van der Waals surface area (Å²) in [6.07, 6.45) is 0.949. The lowest BCUT2D eigenvalue weighted by Gasteiger charge is -2.19. The average Bonchev–Trinajstić information content (AvgIpc) is 2.81. The lowest BCUT2D eigenvalue weighted by molar-refractivity contribution is 0.387. The van der Waals surface area contributed by atoms with Crippen molar-refractivity contribution in [2.75, 3.05) is 53.8 Å². The number of aromatic nitrogens is 2. The molecule has 3 aromatic rings. The van der Waals surface area contributed by atoms with Crippen molar-refractivity contribution in [3.05, 3.63) is 48.3 Å². The van der Waals surface area contributed by atoms with Crippen molar-refractivity contribution in [3.63, 3.8) is 0 Å². The lowest BCUT2D eigenvalue weighted by atomic mass is 10.2. The van der Waals surface area contributed by atoms with E-state index in [1.807, 2.05) is 38.4 Å². The molecule has 33 heavy (non-hydrogen) atoms. The molecule has 1 heterocycles. The Labute approximate surface area is 195 Å². The van der Waals surface area contributed by atoms with E-state index in [2.05, 4.69) is 20.2 Å². The van der Waals surface area contributed by atoms with Gasteiger partial charge in [-0.15, -0.1) is 0 Å². The Morgan fingerprint density at radius 1 is 1.00 bits per heavy atom. The molecule has 178 valence electrons. The third-order valence-corrected chi connectivity index (χ3v) is 6.97. The van der Waals surface area contributed by atoms with E-state index in [0.29, 0.717) is 17.4 Å². The van der Waals surface area contributed by atoms with E-state index in [0.717, 1.165) is 30.4 Å². The van der Waals surface area contributed by atoms with Gasteiger partial charge < -0.3 is 19.7 Å². The molecule has 0 radical (unpaired) electrons. The third kappa shape index (κ3) is 5.89. The molecular weight excluding hydrogens is 442 g/mol. The number of rotatable bonds is 11. The van der Waals surface area contributed by atoms with Gasteiger partial charge in [0.15, 0.2) is 0 Å². The normalized spacial score (nSPS) is 11.8. The second kappa shape index (κ2) is 10.8. The minimum Gasteiger partial charge on any atom is -0.497 e. The van der Waals surface area contributed by atoms with Crippen molar-refractivity contribution in [2.45, 2.75) is 17.9 Å². The summed E-state index contributed by atoms with van der Waals surface area (Å²) in [7, 11) is 4.59. The van der Waals surface area contributed by atoms with Crippen LogP contribution in [0.25, 0.3) is 10.9 Å². The number of anilines is 1. The first-order valence-corrected chi connectivity index (χ1v) is 12.0. The smallest absolute Gasteiger partial charge is 0.247 e. The number of hydrogen-bond acceptors (Lipinski definition) is 8. The van der Waals surface area contributed by atoms with E-state index in [1.54, 1.807) is 12.1 Å². The number of fused-ring (bicyclic) bond motifs is 1. The van der Waals surface area contributed by atoms with E-state index >= 15 is 0 Å². The van der Waals surface area contributed by atoms with E-state index in [4.69, 9.17) is 9.47 Å². The van der Waals surface area contributed by atoms with E-state index in [1.165, 1.54) is 31.6 Å². The Morgan fingerprint density at radius 2 is 1.76 bits per heavy atom. The number of benzene rings is 2. The van der Waals surface area contributed by atoms with Crippen molar-refractivity contribution in [2.24, 2.45) is 0 Å². The molecule has 1 N–H and O–H groups in total. The Kier molecular flexibility index (Phi) is 8.06. The maximum absolute atomic E-state index is 13.3. The van der Waals surface area contributed by atoms with Crippen LogP contribution >= 0.6 is 0 Å². The van der Waals surface area contributed by atoms with Gasteiger partial charge in [-0.05, 0) is 51.3 Å². The fraction of sp³-hybridized carbons (Fsp3) is 0.391. The van der Waals surface area contributed by atoms with Crippen LogP contribution in [-0.4, -0.2) is 76.0 Å². The van der Waals surface area contributed by atoms with Gasteiger partial charge in [-0.3, -0.25) is 0 Å². The molecule has 0 atom stereocenters. The van der Waals surface area contributed by atoms with Crippen molar-refractivity contribution in [1.82, 2.24) is 19.2 Å². The second-order valence-corrected chi connectivity index (χ2v) is 9.88. The van der Waals surface area contributed by atoms with E-state index < -0.39 is 10.0 Å². The van der Waals surface area contributed by atoms with E-state index in [9.17, 15) is 8.42 Å². The molecule has 9 nitrogen and oxygen atoms in total. The first kappa shape index (κ1) is 24.7. The Hall–Kier alpha value is -2.95. The van der Waals surface area contributed by atoms with Gasteiger partial charge in [0.2, 0.25) is 10.0 Å². The summed E-state index contributed by atoms with van der Waals surface area (Å²) in [5, 5.41) is 4.27. The highest BCUT2D eigenvalue weighted by molar-refractivity contribution is 7.89. The first-order chi connectivity index (χ1) is 15.8. The predicted octanol–water partition coefficient (Wildman–Crippen LogP) is 2.83. The van der Waals surface area contributed by atoms with Crippen LogP contribution in [0, 0.1) is 0 Å². The van der Waals surface area contributed by atoms with Crippen molar-refractivity contribution in [3.8, 4) is 11.5 Å². The number of hydrogen-bond donors (Lipinski definition) is 1. The van der Waals surface area contributed by atoms with Gasteiger partial charge in [-0.2, -0.15) is 4.31 Å². The number of sulfonamides is 1. The fourth-order valence-corrected chi connectivity index (χ4v) is 4.66. The highest BCUT2D eigenvalue weighted by Crippen LogP contribution is 2.31. The summed E-state index contributed by atoms with van der Waals surface area (Å²) in [5.74, 6) is 1.76. The van der Waals surface area contributed by atoms with Crippen LogP contribution in [0.3, 0.4) is 0 Å². The number of para-hydroxylation sites is 1. The van der Waals surface area contributed by atoms with Gasteiger partial charge in [-0.1, -0.05) is 12.1 Å². The number of nitrogens with zero attached hydrogens (tertiary/aromatic N) is 4. The quantitative estimate of drug-likeness (QED) is 0.425. The van der Waals surface area contributed by atoms with Crippen LogP contribution < -0.4 is 14.8 Å². The third-order valence-electron chi connectivity index (χ3n) is 5.15. The summed E-state index contributed by atoms with van der Waals surface area (Å²) in [5.41, 5.74) is 0.752. The van der Waals surface area contributed by atoms with Crippen LogP contribution in [0.1, 0.15) is 12.2 Å². The Morgan fingerprint density at radius 3 is 2.45 bits per heavy atom. The zero-order valence-electron chi connectivity index (χ0n) is 19.7. The molecule has 0 aliphatic carbocycles. The summed E-state index contributed by atoms with van der Waals surface area (Å²) >= 11 is 0. The highest BCUT2D eigenvalue weighted by atomic mass is 32.2. The van der Waals surface area contributed by atoms with Crippen LogP contribution in [-0.2, 0) is 16.6 Å². The summed E-state index contributed by atoms with van der Waals surface area (Å²) in [4.78, 5) is 11.4. The van der Waals surface area contributed by atoms with Crippen molar-refractivity contribution >= 4 is 26.7 Å². The zero-order chi connectivity index (χ0) is 24.0. The minimum absolute atomic E-state index is 0.0000898. The summed E-state index contributed by atoms with van der Waals surface area (Å²) in [6, 6.07) is 12.3. The second-order valence-electron chi connectivity index (χ2n) is 7.87. The zero-order valence-corrected chi connectivity index (χ0v) is 20.5. The molecule has 0 saturated heterocycles.